The fourth-order valence-electron chi connectivity index (χ4n) is 3.15. The van der Waals surface area contributed by atoms with Crippen LogP contribution in [0.5, 0.6) is 0 Å². The second-order valence-corrected chi connectivity index (χ2v) is 6.75. The normalized spacial score (nSPS) is 14.6. The van der Waals surface area contributed by atoms with E-state index in [0.717, 1.165) is 24.3 Å². The Morgan fingerprint density at radius 3 is 2.17 bits per heavy atom. The number of benzene rings is 2. The van der Waals surface area contributed by atoms with Crippen LogP contribution in [-0.2, 0) is 9.53 Å². The monoisotopic (exact) mass is 388 g/mol. The number of ether oxygens (including phenoxy) is 1. The Kier molecular flexibility index (Phi) is 7.12. The van der Waals surface area contributed by atoms with E-state index >= 15 is 0 Å². The molecule has 0 radical (unpaired) electrons. The van der Waals surface area contributed by atoms with Gasteiger partial charge in [0, 0.05) is 18.8 Å². The van der Waals surface area contributed by atoms with Crippen molar-refractivity contribution in [3.8, 4) is 6.07 Å². The Morgan fingerprint density at radius 1 is 1.03 bits per heavy atom. The highest BCUT2D eigenvalue weighted by Gasteiger charge is 2.11. The van der Waals surface area contributed by atoms with Gasteiger partial charge in [-0.05, 0) is 74.2 Å². The van der Waals surface area contributed by atoms with Gasteiger partial charge in [0.15, 0.2) is 0 Å². The van der Waals surface area contributed by atoms with Crippen molar-refractivity contribution in [3.63, 3.8) is 0 Å². The van der Waals surface area contributed by atoms with Gasteiger partial charge in [-0.25, -0.2) is 4.79 Å². The summed E-state index contributed by atoms with van der Waals surface area (Å²) in [6, 6.07) is 17.1. The molecule has 0 atom stereocenters. The summed E-state index contributed by atoms with van der Waals surface area (Å²) < 4.78 is 4.86. The summed E-state index contributed by atoms with van der Waals surface area (Å²) in [6.07, 6.45) is 5.32. The number of anilines is 1. The van der Waals surface area contributed by atoms with Crippen LogP contribution in [0.15, 0.2) is 64.3 Å². The molecule has 3 rings (SSSR count). The molecule has 1 saturated heterocycles. The first-order valence-corrected chi connectivity index (χ1v) is 9.85. The molecule has 6 nitrogen and oxygen atoms in total. The van der Waals surface area contributed by atoms with Crippen LogP contribution >= 0.6 is 0 Å². The topological polar surface area (TPSA) is 78.0 Å². The molecule has 1 aliphatic rings. The van der Waals surface area contributed by atoms with E-state index in [-0.39, 0.29) is 12.2 Å². The summed E-state index contributed by atoms with van der Waals surface area (Å²) >= 11 is 0. The van der Waals surface area contributed by atoms with Crippen LogP contribution in [0.2, 0.25) is 0 Å². The summed E-state index contributed by atoms with van der Waals surface area (Å²) in [5.74, 6) is -0.619. The highest BCUT2D eigenvalue weighted by Crippen LogP contribution is 2.24. The fourth-order valence-corrected chi connectivity index (χ4v) is 3.15. The highest BCUT2D eigenvalue weighted by atomic mass is 16.5. The molecule has 1 heterocycles. The van der Waals surface area contributed by atoms with Crippen molar-refractivity contribution in [2.45, 2.75) is 26.2 Å². The average Bonchev–Trinajstić information content (AvgIpc) is 2.78. The number of carbonyl (C=O) groups excluding carboxylic acids is 1. The van der Waals surface area contributed by atoms with Gasteiger partial charge in [0.1, 0.15) is 11.6 Å². The van der Waals surface area contributed by atoms with Crippen LogP contribution in [0.3, 0.4) is 0 Å². The fraction of sp³-hybridized carbons (Fsp3) is 0.304. The predicted octanol–water partition coefficient (Wildman–Crippen LogP) is 5.56. The maximum Gasteiger partial charge on any atom is 0.348 e. The molecule has 0 unspecified atom stereocenters. The van der Waals surface area contributed by atoms with Crippen molar-refractivity contribution in [1.82, 2.24) is 0 Å². The Morgan fingerprint density at radius 2 is 1.62 bits per heavy atom. The van der Waals surface area contributed by atoms with Crippen LogP contribution in [0.4, 0.5) is 17.1 Å². The minimum Gasteiger partial charge on any atom is -0.462 e. The van der Waals surface area contributed by atoms with E-state index in [1.54, 1.807) is 31.2 Å². The predicted molar refractivity (Wildman–Crippen MR) is 113 cm³/mol. The van der Waals surface area contributed by atoms with E-state index in [2.05, 4.69) is 27.3 Å². The van der Waals surface area contributed by atoms with E-state index in [1.807, 2.05) is 18.2 Å². The molecule has 0 saturated carbocycles. The van der Waals surface area contributed by atoms with Crippen molar-refractivity contribution >= 4 is 29.1 Å². The molecule has 0 spiro atoms. The van der Waals surface area contributed by atoms with Crippen molar-refractivity contribution in [2.75, 3.05) is 24.6 Å². The van der Waals surface area contributed by atoms with Crippen LogP contribution in [0.25, 0.3) is 6.08 Å². The SMILES string of the molecule is CCOC(=O)/C(C#N)=C/c1ccc(N=Nc2ccc(N3CCCCC3)cc2)cc1. The van der Waals surface area contributed by atoms with Crippen LogP contribution in [0.1, 0.15) is 31.7 Å². The lowest BCUT2D eigenvalue weighted by atomic mass is 10.1. The van der Waals surface area contributed by atoms with E-state index in [0.29, 0.717) is 5.69 Å². The largest absolute Gasteiger partial charge is 0.462 e. The van der Waals surface area contributed by atoms with E-state index < -0.39 is 5.97 Å². The molecule has 2 aromatic rings. The molecule has 0 aromatic heterocycles. The number of hydrogen-bond donors (Lipinski definition) is 0. The van der Waals surface area contributed by atoms with E-state index in [1.165, 1.54) is 31.0 Å². The number of hydrogen-bond acceptors (Lipinski definition) is 6. The van der Waals surface area contributed by atoms with Gasteiger partial charge in [0.05, 0.1) is 18.0 Å². The summed E-state index contributed by atoms with van der Waals surface area (Å²) in [5.41, 5.74) is 3.41. The van der Waals surface area contributed by atoms with Gasteiger partial charge in [0.2, 0.25) is 0 Å². The number of rotatable bonds is 6. The summed E-state index contributed by atoms with van der Waals surface area (Å²) in [7, 11) is 0. The lowest BCUT2D eigenvalue weighted by Crippen LogP contribution is -2.29. The van der Waals surface area contributed by atoms with Crippen molar-refractivity contribution in [3.05, 3.63) is 59.7 Å². The third kappa shape index (κ3) is 5.76. The molecule has 1 aliphatic heterocycles. The zero-order valence-electron chi connectivity index (χ0n) is 16.5. The lowest BCUT2D eigenvalue weighted by molar-refractivity contribution is -0.137. The van der Waals surface area contributed by atoms with Crippen molar-refractivity contribution < 1.29 is 9.53 Å². The maximum atomic E-state index is 11.7. The molecular formula is C23H24N4O2. The summed E-state index contributed by atoms with van der Waals surface area (Å²) in [5, 5.41) is 17.6. The average molecular weight is 388 g/mol. The Bertz CT molecular complexity index is 919. The van der Waals surface area contributed by atoms with Gasteiger partial charge in [-0.15, -0.1) is 0 Å². The summed E-state index contributed by atoms with van der Waals surface area (Å²) in [4.78, 5) is 14.1. The molecule has 0 aliphatic carbocycles. The third-order valence-electron chi connectivity index (χ3n) is 4.67. The van der Waals surface area contributed by atoms with Gasteiger partial charge < -0.3 is 9.64 Å². The van der Waals surface area contributed by atoms with Gasteiger partial charge in [-0.1, -0.05) is 12.1 Å². The molecule has 148 valence electrons. The van der Waals surface area contributed by atoms with E-state index in [9.17, 15) is 4.79 Å². The van der Waals surface area contributed by atoms with Crippen molar-refractivity contribution in [2.24, 2.45) is 10.2 Å². The second kappa shape index (κ2) is 10.2. The maximum absolute atomic E-state index is 11.7. The van der Waals surface area contributed by atoms with Crippen LogP contribution in [0, 0.1) is 11.3 Å². The second-order valence-electron chi connectivity index (χ2n) is 6.75. The van der Waals surface area contributed by atoms with E-state index in [4.69, 9.17) is 10.00 Å². The van der Waals surface area contributed by atoms with Crippen LogP contribution in [-0.4, -0.2) is 25.7 Å². The first-order valence-electron chi connectivity index (χ1n) is 9.85. The number of nitrogens with zero attached hydrogens (tertiary/aromatic N) is 4. The minimum atomic E-state index is -0.619. The van der Waals surface area contributed by atoms with Gasteiger partial charge in [-0.2, -0.15) is 15.5 Å². The number of carbonyl (C=O) groups is 1. The molecule has 0 N–H and O–H groups in total. The van der Waals surface area contributed by atoms with Gasteiger partial charge in [0.25, 0.3) is 0 Å². The standard InChI is InChI=1S/C23H24N4O2/c1-2-29-23(28)19(17-24)16-18-6-8-20(9-7-18)25-26-21-10-12-22(13-11-21)27-14-4-3-5-15-27/h6-13,16H,2-5,14-15H2,1H3/b19-16+,26-25?. The molecule has 0 bridgehead atoms. The lowest BCUT2D eigenvalue weighted by Gasteiger charge is -2.28. The van der Waals surface area contributed by atoms with Crippen LogP contribution < -0.4 is 4.90 Å². The minimum absolute atomic E-state index is 0.0324. The number of nitriles is 1. The zero-order valence-corrected chi connectivity index (χ0v) is 16.5. The highest BCUT2D eigenvalue weighted by molar-refractivity contribution is 5.97. The Hall–Kier alpha value is -3.46. The van der Waals surface area contributed by atoms with Crippen molar-refractivity contribution in [1.29, 1.82) is 5.26 Å². The third-order valence-corrected chi connectivity index (χ3v) is 4.67. The number of azo groups is 1. The first kappa shape index (κ1) is 20.3. The Labute approximate surface area is 171 Å². The molecule has 2 aromatic carbocycles. The van der Waals surface area contributed by atoms with Gasteiger partial charge in [-0.3, -0.25) is 0 Å². The number of piperidine rings is 1. The molecular weight excluding hydrogens is 364 g/mol. The molecule has 1 fully saturated rings. The quantitative estimate of drug-likeness (QED) is 0.281. The van der Waals surface area contributed by atoms with Gasteiger partial charge >= 0.3 is 5.97 Å². The molecule has 29 heavy (non-hydrogen) atoms. The first-order chi connectivity index (χ1) is 14.2. The molecule has 6 heteroatoms. The summed E-state index contributed by atoms with van der Waals surface area (Å²) in [6.45, 7) is 4.17. The zero-order chi connectivity index (χ0) is 20.5. The Balaban J connectivity index is 1.64. The smallest absolute Gasteiger partial charge is 0.348 e. The molecule has 0 amide bonds. The number of esters is 1.